The van der Waals surface area contributed by atoms with Crippen LogP contribution in [0.3, 0.4) is 0 Å². The van der Waals surface area contributed by atoms with E-state index < -0.39 is 0 Å². The van der Waals surface area contributed by atoms with Crippen molar-refractivity contribution in [3.63, 3.8) is 0 Å². The van der Waals surface area contributed by atoms with Crippen molar-refractivity contribution >= 4 is 0 Å². The topological polar surface area (TPSA) is 15.3 Å². The monoisotopic (exact) mass is 260 g/mol. The third-order valence-corrected chi connectivity index (χ3v) is 4.34. The summed E-state index contributed by atoms with van der Waals surface area (Å²) in [7, 11) is 2.07. The average Bonchev–Trinajstić information content (AvgIpc) is 2.71. The summed E-state index contributed by atoms with van der Waals surface area (Å²) in [4.78, 5) is 2.62. The summed E-state index contributed by atoms with van der Waals surface area (Å²) in [6, 6.07) is 11.3. The first-order valence-corrected chi connectivity index (χ1v) is 7.46. The number of hydrogen-bond donors (Lipinski definition) is 1. The minimum absolute atomic E-state index is 0.449. The molecule has 0 aromatic heterocycles. The lowest BCUT2D eigenvalue weighted by Crippen LogP contribution is -2.34. The summed E-state index contributed by atoms with van der Waals surface area (Å²) in [5.41, 5.74) is 1.90. The van der Waals surface area contributed by atoms with Crippen molar-refractivity contribution in [2.75, 3.05) is 26.7 Å². The van der Waals surface area contributed by atoms with E-state index in [4.69, 9.17) is 0 Å². The van der Waals surface area contributed by atoms with Crippen molar-refractivity contribution in [3.05, 3.63) is 35.9 Å². The Morgan fingerprint density at radius 3 is 2.47 bits per heavy atom. The number of hydrogen-bond acceptors (Lipinski definition) is 2. The lowest BCUT2D eigenvalue weighted by Gasteiger charge is -2.29. The summed E-state index contributed by atoms with van der Waals surface area (Å²) in [5, 5.41) is 3.49. The van der Waals surface area contributed by atoms with Crippen molar-refractivity contribution in [3.8, 4) is 0 Å². The van der Waals surface area contributed by atoms with E-state index in [1.165, 1.54) is 31.6 Å². The molecule has 1 N–H and O–H groups in total. The molecule has 0 aliphatic carbocycles. The fraction of sp³-hybridized carbons (Fsp3) is 0.647. The quantitative estimate of drug-likeness (QED) is 0.873. The molecule has 0 bridgehead atoms. The second kappa shape index (κ2) is 6.06. The van der Waals surface area contributed by atoms with Crippen molar-refractivity contribution in [2.45, 2.75) is 33.2 Å². The first-order chi connectivity index (χ1) is 9.02. The first-order valence-electron chi connectivity index (χ1n) is 7.46. The van der Waals surface area contributed by atoms with Crippen LogP contribution in [0.15, 0.2) is 30.3 Å². The summed E-state index contributed by atoms with van der Waals surface area (Å²) >= 11 is 0. The zero-order valence-corrected chi connectivity index (χ0v) is 12.8. The summed E-state index contributed by atoms with van der Waals surface area (Å²) in [6.07, 6.45) is 1.33. The van der Waals surface area contributed by atoms with Gasteiger partial charge in [0.25, 0.3) is 0 Å². The highest BCUT2D eigenvalue weighted by atomic mass is 15.2. The van der Waals surface area contributed by atoms with Crippen LogP contribution in [-0.2, 0) is 0 Å². The van der Waals surface area contributed by atoms with Crippen molar-refractivity contribution in [1.82, 2.24) is 10.2 Å². The maximum atomic E-state index is 3.49. The first kappa shape index (κ1) is 14.5. The molecule has 19 heavy (non-hydrogen) atoms. The second-order valence-electron chi connectivity index (χ2n) is 6.80. The van der Waals surface area contributed by atoms with Gasteiger partial charge in [-0.1, -0.05) is 51.1 Å². The molecule has 0 radical (unpaired) electrons. The minimum Gasteiger partial charge on any atom is -0.313 e. The third kappa shape index (κ3) is 3.80. The SMILES string of the molecule is CNC(c1ccccc1)C(C)CN1CCC(C)(C)C1. The number of nitrogens with zero attached hydrogens (tertiary/aromatic N) is 1. The Bertz CT molecular complexity index is 386. The molecule has 1 fully saturated rings. The van der Waals surface area contributed by atoms with Crippen LogP contribution in [0.2, 0.25) is 0 Å². The molecule has 2 heteroatoms. The van der Waals surface area contributed by atoms with Crippen LogP contribution in [0.1, 0.15) is 38.8 Å². The van der Waals surface area contributed by atoms with Gasteiger partial charge in [-0.15, -0.1) is 0 Å². The zero-order valence-electron chi connectivity index (χ0n) is 12.8. The highest BCUT2D eigenvalue weighted by Crippen LogP contribution is 2.31. The summed E-state index contributed by atoms with van der Waals surface area (Å²) in [5.74, 6) is 0.626. The van der Waals surface area contributed by atoms with Crippen molar-refractivity contribution in [2.24, 2.45) is 11.3 Å². The van der Waals surface area contributed by atoms with Crippen LogP contribution in [0.5, 0.6) is 0 Å². The Labute approximate surface area is 118 Å². The largest absolute Gasteiger partial charge is 0.313 e. The van der Waals surface area contributed by atoms with Crippen LogP contribution >= 0.6 is 0 Å². The van der Waals surface area contributed by atoms with Crippen molar-refractivity contribution < 1.29 is 0 Å². The van der Waals surface area contributed by atoms with Gasteiger partial charge in [-0.05, 0) is 36.9 Å². The van der Waals surface area contributed by atoms with Crippen LogP contribution in [0.4, 0.5) is 0 Å². The lowest BCUT2D eigenvalue weighted by atomic mass is 9.92. The molecule has 0 amide bonds. The van der Waals surface area contributed by atoms with Gasteiger partial charge in [0, 0.05) is 19.1 Å². The fourth-order valence-corrected chi connectivity index (χ4v) is 3.33. The van der Waals surface area contributed by atoms with Crippen LogP contribution in [0.25, 0.3) is 0 Å². The number of likely N-dealkylation sites (tertiary alicyclic amines) is 1. The van der Waals surface area contributed by atoms with E-state index in [-0.39, 0.29) is 0 Å². The Morgan fingerprint density at radius 1 is 1.26 bits per heavy atom. The number of benzene rings is 1. The van der Waals surface area contributed by atoms with E-state index in [0.717, 1.165) is 0 Å². The second-order valence-corrected chi connectivity index (χ2v) is 6.80. The van der Waals surface area contributed by atoms with E-state index in [2.05, 4.69) is 68.4 Å². The van der Waals surface area contributed by atoms with Gasteiger partial charge < -0.3 is 10.2 Å². The zero-order chi connectivity index (χ0) is 13.9. The predicted molar refractivity (Wildman–Crippen MR) is 82.2 cm³/mol. The molecule has 2 nitrogen and oxygen atoms in total. The molecule has 106 valence electrons. The van der Waals surface area contributed by atoms with Gasteiger partial charge in [0.15, 0.2) is 0 Å². The van der Waals surface area contributed by atoms with Gasteiger partial charge in [-0.25, -0.2) is 0 Å². The Balaban J connectivity index is 1.96. The standard InChI is InChI=1S/C17H28N2/c1-14(12-19-11-10-17(2,3)13-19)16(18-4)15-8-6-5-7-9-15/h5-9,14,16,18H,10-13H2,1-4H3. The normalized spacial score (nSPS) is 22.3. The lowest BCUT2D eigenvalue weighted by molar-refractivity contribution is 0.231. The van der Waals surface area contributed by atoms with Crippen LogP contribution in [0, 0.1) is 11.3 Å². The molecule has 1 aromatic rings. The van der Waals surface area contributed by atoms with E-state index in [1.807, 2.05) is 0 Å². The number of rotatable bonds is 5. The highest BCUT2D eigenvalue weighted by Gasteiger charge is 2.31. The molecular weight excluding hydrogens is 232 g/mol. The Morgan fingerprint density at radius 2 is 1.95 bits per heavy atom. The Kier molecular flexibility index (Phi) is 4.64. The molecule has 1 aliphatic heterocycles. The van der Waals surface area contributed by atoms with Gasteiger partial charge in [0.1, 0.15) is 0 Å². The third-order valence-electron chi connectivity index (χ3n) is 4.34. The average molecular weight is 260 g/mol. The van der Waals surface area contributed by atoms with Crippen LogP contribution < -0.4 is 5.32 Å². The summed E-state index contributed by atoms with van der Waals surface area (Å²) in [6.45, 7) is 10.8. The van der Waals surface area contributed by atoms with Crippen LogP contribution in [-0.4, -0.2) is 31.6 Å². The molecule has 1 aliphatic rings. The molecule has 0 saturated carbocycles. The summed E-state index contributed by atoms with van der Waals surface area (Å²) < 4.78 is 0. The molecule has 1 aromatic carbocycles. The molecular formula is C17H28N2. The fourth-order valence-electron chi connectivity index (χ4n) is 3.33. The Hall–Kier alpha value is -0.860. The highest BCUT2D eigenvalue weighted by molar-refractivity contribution is 5.19. The number of nitrogens with one attached hydrogen (secondary N) is 1. The molecule has 2 unspecified atom stereocenters. The van der Waals surface area contributed by atoms with Gasteiger partial charge in [-0.3, -0.25) is 0 Å². The van der Waals surface area contributed by atoms with Gasteiger partial charge in [0.05, 0.1) is 0 Å². The molecule has 1 heterocycles. The van der Waals surface area contributed by atoms with E-state index in [1.54, 1.807) is 0 Å². The van der Waals surface area contributed by atoms with Gasteiger partial charge in [-0.2, -0.15) is 0 Å². The molecule has 2 rings (SSSR count). The molecule has 1 saturated heterocycles. The minimum atomic E-state index is 0.449. The van der Waals surface area contributed by atoms with E-state index >= 15 is 0 Å². The van der Waals surface area contributed by atoms with Gasteiger partial charge in [0.2, 0.25) is 0 Å². The molecule has 2 atom stereocenters. The van der Waals surface area contributed by atoms with Crippen molar-refractivity contribution in [1.29, 1.82) is 0 Å². The molecule has 0 spiro atoms. The maximum Gasteiger partial charge on any atom is 0.0355 e. The maximum absolute atomic E-state index is 3.49. The van der Waals surface area contributed by atoms with Gasteiger partial charge >= 0.3 is 0 Å². The van der Waals surface area contributed by atoms with E-state index in [0.29, 0.717) is 17.4 Å². The predicted octanol–water partition coefficient (Wildman–Crippen LogP) is 3.32. The van der Waals surface area contributed by atoms with E-state index in [9.17, 15) is 0 Å². The smallest absolute Gasteiger partial charge is 0.0355 e.